The number of nitrogens with one attached hydrogen (secondary N) is 2. The van der Waals surface area contributed by atoms with Crippen LogP contribution in [0, 0.1) is 5.92 Å². The Morgan fingerprint density at radius 2 is 1.86 bits per heavy atom. The zero-order chi connectivity index (χ0) is 16.0. The van der Waals surface area contributed by atoms with E-state index in [9.17, 15) is 4.79 Å². The number of hydrogen-bond donors (Lipinski definition) is 2. The third-order valence-electron chi connectivity index (χ3n) is 3.98. The number of piperidine rings is 1. The fraction of sp³-hybridized carbons (Fsp3) is 0.938. The third kappa shape index (κ3) is 7.67. The van der Waals surface area contributed by atoms with Crippen molar-refractivity contribution in [1.82, 2.24) is 15.5 Å². The molecule has 0 bridgehead atoms. The summed E-state index contributed by atoms with van der Waals surface area (Å²) in [5.74, 6) is 0.731. The molecule has 1 amide bonds. The molecular formula is C16H33N3O2. The van der Waals surface area contributed by atoms with Crippen molar-refractivity contribution in [3.63, 3.8) is 0 Å². The molecule has 0 saturated carbocycles. The third-order valence-corrected chi connectivity index (χ3v) is 3.98. The molecule has 21 heavy (non-hydrogen) atoms. The highest BCUT2D eigenvalue weighted by Gasteiger charge is 2.23. The van der Waals surface area contributed by atoms with Gasteiger partial charge in [0, 0.05) is 18.6 Å². The van der Waals surface area contributed by atoms with Gasteiger partial charge in [-0.15, -0.1) is 0 Å². The first-order valence-corrected chi connectivity index (χ1v) is 8.09. The van der Waals surface area contributed by atoms with Gasteiger partial charge in [-0.05, 0) is 73.5 Å². The van der Waals surface area contributed by atoms with Gasteiger partial charge in [0.25, 0.3) is 0 Å². The second-order valence-corrected chi connectivity index (χ2v) is 7.38. The van der Waals surface area contributed by atoms with Crippen LogP contribution in [0.2, 0.25) is 0 Å². The molecular weight excluding hydrogens is 266 g/mol. The average molecular weight is 299 g/mol. The molecule has 2 unspecified atom stereocenters. The Hall–Kier alpha value is -0.810. The van der Waals surface area contributed by atoms with E-state index in [0.717, 1.165) is 12.5 Å². The van der Waals surface area contributed by atoms with Gasteiger partial charge in [0.05, 0.1) is 0 Å². The monoisotopic (exact) mass is 299 g/mol. The Morgan fingerprint density at radius 3 is 2.38 bits per heavy atom. The van der Waals surface area contributed by atoms with E-state index in [0.29, 0.717) is 6.04 Å². The van der Waals surface area contributed by atoms with Gasteiger partial charge in [-0.2, -0.15) is 0 Å². The van der Waals surface area contributed by atoms with Crippen molar-refractivity contribution in [2.45, 2.75) is 65.1 Å². The summed E-state index contributed by atoms with van der Waals surface area (Å²) in [7, 11) is 2.18. The topological polar surface area (TPSA) is 53.6 Å². The highest BCUT2D eigenvalue weighted by molar-refractivity contribution is 5.68. The maximum atomic E-state index is 11.7. The number of hydrogen-bond acceptors (Lipinski definition) is 4. The Kier molecular flexibility index (Phi) is 6.94. The number of ether oxygens (including phenoxy) is 1. The summed E-state index contributed by atoms with van der Waals surface area (Å²) in [5.41, 5.74) is -0.446. The van der Waals surface area contributed by atoms with Crippen LogP contribution in [-0.4, -0.2) is 55.4 Å². The zero-order valence-corrected chi connectivity index (χ0v) is 14.5. The van der Waals surface area contributed by atoms with Gasteiger partial charge in [-0.25, -0.2) is 4.79 Å². The Balaban J connectivity index is 2.23. The van der Waals surface area contributed by atoms with Crippen LogP contribution in [0.4, 0.5) is 4.79 Å². The summed E-state index contributed by atoms with van der Waals surface area (Å²) in [6.45, 7) is 13.0. The number of amides is 1. The second-order valence-electron chi connectivity index (χ2n) is 7.38. The lowest BCUT2D eigenvalue weighted by molar-refractivity contribution is 0.0506. The van der Waals surface area contributed by atoms with E-state index in [-0.39, 0.29) is 12.1 Å². The highest BCUT2D eigenvalue weighted by atomic mass is 16.6. The lowest BCUT2D eigenvalue weighted by atomic mass is 9.90. The first kappa shape index (κ1) is 18.2. The summed E-state index contributed by atoms with van der Waals surface area (Å²) < 4.78 is 5.26. The summed E-state index contributed by atoms with van der Waals surface area (Å²) in [6, 6.07) is 0.551. The molecule has 2 N–H and O–H groups in total. The highest BCUT2D eigenvalue weighted by Crippen LogP contribution is 2.19. The minimum absolute atomic E-state index is 0.0635. The molecule has 1 heterocycles. The molecule has 5 nitrogen and oxygen atoms in total. The molecule has 124 valence electrons. The van der Waals surface area contributed by atoms with Gasteiger partial charge in [-0.3, -0.25) is 0 Å². The van der Waals surface area contributed by atoms with Gasteiger partial charge >= 0.3 is 6.09 Å². The van der Waals surface area contributed by atoms with Crippen LogP contribution in [0.3, 0.4) is 0 Å². The fourth-order valence-corrected chi connectivity index (χ4v) is 2.62. The maximum absolute atomic E-state index is 11.7. The number of rotatable bonds is 5. The molecule has 0 radical (unpaired) electrons. The van der Waals surface area contributed by atoms with E-state index in [4.69, 9.17) is 4.74 Å². The van der Waals surface area contributed by atoms with Crippen molar-refractivity contribution in [3.05, 3.63) is 0 Å². The lowest BCUT2D eigenvalue weighted by Gasteiger charge is -2.33. The minimum atomic E-state index is -0.446. The van der Waals surface area contributed by atoms with E-state index >= 15 is 0 Å². The largest absolute Gasteiger partial charge is 0.444 e. The molecule has 1 aliphatic rings. The number of nitrogens with zero attached hydrogens (tertiary/aromatic N) is 1. The lowest BCUT2D eigenvalue weighted by Crippen LogP contribution is -2.47. The Labute approximate surface area is 129 Å². The fourth-order valence-electron chi connectivity index (χ4n) is 2.62. The molecule has 0 aromatic carbocycles. The van der Waals surface area contributed by atoms with E-state index in [1.807, 2.05) is 27.7 Å². The summed E-state index contributed by atoms with van der Waals surface area (Å²) in [4.78, 5) is 14.1. The molecule has 0 aliphatic carbocycles. The molecule has 1 fully saturated rings. The number of carbonyl (C=O) groups is 1. The van der Waals surface area contributed by atoms with E-state index in [1.54, 1.807) is 0 Å². The van der Waals surface area contributed by atoms with Gasteiger partial charge in [0.15, 0.2) is 0 Å². The number of likely N-dealkylation sites (tertiary alicyclic amines) is 1. The van der Waals surface area contributed by atoms with Gasteiger partial charge in [0.2, 0.25) is 0 Å². The normalized spacial score (nSPS) is 20.9. The van der Waals surface area contributed by atoms with Crippen LogP contribution >= 0.6 is 0 Å². The number of carbonyl (C=O) groups excluding carboxylic acids is 1. The van der Waals surface area contributed by atoms with Crippen LogP contribution in [0.1, 0.15) is 47.5 Å². The first-order chi connectivity index (χ1) is 9.67. The van der Waals surface area contributed by atoms with Crippen LogP contribution in [0.25, 0.3) is 0 Å². The van der Waals surface area contributed by atoms with E-state index in [2.05, 4.69) is 29.5 Å². The van der Waals surface area contributed by atoms with Gasteiger partial charge in [0.1, 0.15) is 5.60 Å². The van der Waals surface area contributed by atoms with Crippen LogP contribution < -0.4 is 10.6 Å². The molecule has 5 heteroatoms. The zero-order valence-electron chi connectivity index (χ0n) is 14.5. The predicted octanol–water partition coefficient (Wildman–Crippen LogP) is 2.22. The standard InChI is InChI=1S/C16H33N3O2/c1-12(18-15(20)21-16(3,4)5)11-17-13(2)14-7-9-19(6)10-8-14/h12-14,17H,7-11H2,1-6H3,(H,18,20). The van der Waals surface area contributed by atoms with Crippen molar-refractivity contribution in [3.8, 4) is 0 Å². The molecule has 1 aliphatic heterocycles. The summed E-state index contributed by atoms with van der Waals surface area (Å²) in [5, 5.41) is 6.42. The smallest absolute Gasteiger partial charge is 0.407 e. The van der Waals surface area contributed by atoms with Crippen LogP contribution in [0.5, 0.6) is 0 Å². The SMILES string of the molecule is CC(CNC(C)C1CCN(C)CC1)NC(=O)OC(C)(C)C. The maximum Gasteiger partial charge on any atom is 0.407 e. The van der Waals surface area contributed by atoms with E-state index < -0.39 is 5.60 Å². The van der Waals surface area contributed by atoms with Crippen molar-refractivity contribution in [2.24, 2.45) is 5.92 Å². The summed E-state index contributed by atoms with van der Waals surface area (Å²) in [6.07, 6.45) is 2.15. The van der Waals surface area contributed by atoms with Crippen molar-refractivity contribution >= 4 is 6.09 Å². The first-order valence-electron chi connectivity index (χ1n) is 8.09. The second kappa shape index (κ2) is 7.99. The van der Waals surface area contributed by atoms with Gasteiger partial charge < -0.3 is 20.3 Å². The van der Waals surface area contributed by atoms with Gasteiger partial charge in [-0.1, -0.05) is 0 Å². The molecule has 0 aromatic rings. The number of alkyl carbamates (subject to hydrolysis) is 1. The van der Waals surface area contributed by atoms with E-state index in [1.165, 1.54) is 25.9 Å². The Morgan fingerprint density at radius 1 is 1.29 bits per heavy atom. The van der Waals surface area contributed by atoms with Crippen molar-refractivity contribution in [2.75, 3.05) is 26.7 Å². The quantitative estimate of drug-likeness (QED) is 0.817. The van der Waals surface area contributed by atoms with Crippen LogP contribution in [0.15, 0.2) is 0 Å². The van der Waals surface area contributed by atoms with Crippen molar-refractivity contribution in [1.29, 1.82) is 0 Å². The molecule has 2 atom stereocenters. The molecule has 1 rings (SSSR count). The molecule has 0 spiro atoms. The molecule has 0 aromatic heterocycles. The predicted molar refractivity (Wildman–Crippen MR) is 86.5 cm³/mol. The Bertz CT molecular complexity index is 320. The average Bonchev–Trinajstić information content (AvgIpc) is 2.34. The summed E-state index contributed by atoms with van der Waals surface area (Å²) >= 11 is 0. The minimum Gasteiger partial charge on any atom is -0.444 e. The molecule has 1 saturated heterocycles. The van der Waals surface area contributed by atoms with Crippen molar-refractivity contribution < 1.29 is 9.53 Å². The van der Waals surface area contributed by atoms with Crippen LogP contribution in [-0.2, 0) is 4.74 Å².